The van der Waals surface area contributed by atoms with Gasteiger partial charge in [0.05, 0.1) is 5.02 Å². The van der Waals surface area contributed by atoms with Crippen molar-refractivity contribution in [2.45, 2.75) is 23.8 Å². The fourth-order valence-electron chi connectivity index (χ4n) is 1.21. The zero-order valence-electron chi connectivity index (χ0n) is 7.90. The lowest BCUT2D eigenvalue weighted by atomic mass is 10.3. The first-order valence-electron chi connectivity index (χ1n) is 4.56. The third-order valence-electron chi connectivity index (χ3n) is 2.14. The van der Waals surface area contributed by atoms with Crippen LogP contribution >= 0.6 is 11.6 Å². The fraction of sp³-hybridized carbons (Fsp3) is 0.333. The van der Waals surface area contributed by atoms with Crippen LogP contribution in [0, 0.1) is 0 Å². The predicted octanol–water partition coefficient (Wildman–Crippen LogP) is 1.36. The number of hydrogen-bond donors (Lipinski definition) is 2. The van der Waals surface area contributed by atoms with E-state index in [1.165, 1.54) is 12.1 Å². The second-order valence-electron chi connectivity index (χ2n) is 3.59. The topological polar surface area (TPSA) is 72.2 Å². The average Bonchev–Trinajstić information content (AvgIpc) is 2.92. The quantitative estimate of drug-likeness (QED) is 0.791. The first kappa shape index (κ1) is 10.7. The highest BCUT2D eigenvalue weighted by atomic mass is 35.5. The lowest BCUT2D eigenvalue weighted by molar-refractivity contribution is 0.581. The molecule has 1 aliphatic rings. The molecule has 0 aliphatic heterocycles. The van der Waals surface area contributed by atoms with Crippen LogP contribution in [0.15, 0.2) is 23.1 Å². The molecule has 0 spiro atoms. The van der Waals surface area contributed by atoms with E-state index in [0.29, 0.717) is 5.69 Å². The average molecular weight is 247 g/mol. The Hall–Kier alpha value is -0.780. The predicted molar refractivity (Wildman–Crippen MR) is 59.2 cm³/mol. The van der Waals surface area contributed by atoms with E-state index in [1.807, 2.05) is 0 Å². The second-order valence-corrected chi connectivity index (χ2v) is 5.68. The molecule has 1 saturated carbocycles. The van der Waals surface area contributed by atoms with Gasteiger partial charge in [-0.15, -0.1) is 0 Å². The van der Waals surface area contributed by atoms with Gasteiger partial charge in [-0.05, 0) is 31.0 Å². The minimum atomic E-state index is -3.51. The van der Waals surface area contributed by atoms with Crippen molar-refractivity contribution in [1.29, 1.82) is 0 Å². The molecule has 0 saturated heterocycles. The van der Waals surface area contributed by atoms with Crippen molar-refractivity contribution in [2.24, 2.45) is 0 Å². The smallest absolute Gasteiger partial charge is 0.242 e. The highest BCUT2D eigenvalue weighted by Gasteiger charge is 2.29. The first-order chi connectivity index (χ1) is 6.99. The maximum atomic E-state index is 11.8. The van der Waals surface area contributed by atoms with Gasteiger partial charge in [-0.25, -0.2) is 13.1 Å². The Morgan fingerprint density at radius 3 is 2.67 bits per heavy atom. The Morgan fingerprint density at radius 1 is 1.40 bits per heavy atom. The fourth-order valence-corrected chi connectivity index (χ4v) is 3.05. The minimum Gasteiger partial charge on any atom is -0.399 e. The van der Waals surface area contributed by atoms with E-state index in [0.717, 1.165) is 12.8 Å². The summed E-state index contributed by atoms with van der Waals surface area (Å²) in [7, 11) is -3.51. The first-order valence-corrected chi connectivity index (χ1v) is 6.42. The summed E-state index contributed by atoms with van der Waals surface area (Å²) in [5, 5.41) is 0.192. The number of benzene rings is 1. The second kappa shape index (κ2) is 3.66. The van der Waals surface area contributed by atoms with Gasteiger partial charge in [0, 0.05) is 11.7 Å². The maximum Gasteiger partial charge on any atom is 0.242 e. The Labute approximate surface area is 93.5 Å². The van der Waals surface area contributed by atoms with Crippen LogP contribution in [0.5, 0.6) is 0 Å². The third kappa shape index (κ3) is 2.42. The van der Waals surface area contributed by atoms with Gasteiger partial charge in [-0.1, -0.05) is 11.6 Å². The van der Waals surface area contributed by atoms with Crippen LogP contribution in [0.25, 0.3) is 0 Å². The van der Waals surface area contributed by atoms with Crippen molar-refractivity contribution in [3.63, 3.8) is 0 Å². The summed E-state index contributed by atoms with van der Waals surface area (Å²) in [4.78, 5) is 0.0519. The van der Waals surface area contributed by atoms with E-state index >= 15 is 0 Å². The molecule has 4 nitrogen and oxygen atoms in total. The zero-order chi connectivity index (χ0) is 11.1. The normalized spacial score (nSPS) is 16.6. The van der Waals surface area contributed by atoms with E-state index in [9.17, 15) is 8.42 Å². The van der Waals surface area contributed by atoms with Crippen LogP contribution in [0.2, 0.25) is 5.02 Å². The van der Waals surface area contributed by atoms with Crippen LogP contribution in [0.3, 0.4) is 0 Å². The number of halogens is 1. The lowest BCUT2D eigenvalue weighted by Gasteiger charge is -2.07. The van der Waals surface area contributed by atoms with Gasteiger partial charge in [0.2, 0.25) is 10.0 Å². The molecule has 0 radical (unpaired) electrons. The van der Waals surface area contributed by atoms with E-state index < -0.39 is 10.0 Å². The molecule has 1 aliphatic carbocycles. The molecule has 6 heteroatoms. The van der Waals surface area contributed by atoms with E-state index in [1.54, 1.807) is 6.07 Å². The molecule has 1 aromatic rings. The van der Waals surface area contributed by atoms with Gasteiger partial charge in [0.15, 0.2) is 0 Å². The van der Waals surface area contributed by atoms with Gasteiger partial charge >= 0.3 is 0 Å². The van der Waals surface area contributed by atoms with Crippen LogP contribution in [0.1, 0.15) is 12.8 Å². The van der Waals surface area contributed by atoms with Crippen molar-refractivity contribution < 1.29 is 8.42 Å². The highest BCUT2D eigenvalue weighted by molar-refractivity contribution is 7.89. The Kier molecular flexibility index (Phi) is 2.62. The Bertz CT molecular complexity index is 483. The molecule has 0 aromatic heterocycles. The summed E-state index contributed by atoms with van der Waals surface area (Å²) >= 11 is 5.81. The van der Waals surface area contributed by atoms with E-state index in [4.69, 9.17) is 17.3 Å². The third-order valence-corrected chi connectivity index (χ3v) is 4.15. The molecule has 0 bridgehead atoms. The molecule has 0 heterocycles. The number of anilines is 1. The summed E-state index contributed by atoms with van der Waals surface area (Å²) < 4.78 is 26.2. The van der Waals surface area contributed by atoms with Gasteiger partial charge in [-0.3, -0.25) is 0 Å². The number of rotatable bonds is 3. The molecule has 0 atom stereocenters. The van der Waals surface area contributed by atoms with Crippen molar-refractivity contribution in [3.8, 4) is 0 Å². The molecule has 1 fully saturated rings. The molecule has 2 rings (SSSR count). The van der Waals surface area contributed by atoms with Gasteiger partial charge in [0.25, 0.3) is 0 Å². The summed E-state index contributed by atoms with van der Waals surface area (Å²) in [5.41, 5.74) is 5.90. The zero-order valence-corrected chi connectivity index (χ0v) is 9.48. The lowest BCUT2D eigenvalue weighted by Crippen LogP contribution is -2.26. The molecule has 0 unspecified atom stereocenters. The molecule has 3 N–H and O–H groups in total. The largest absolute Gasteiger partial charge is 0.399 e. The molecule has 15 heavy (non-hydrogen) atoms. The molecule has 1 aromatic carbocycles. The summed E-state index contributed by atoms with van der Waals surface area (Å²) in [6.45, 7) is 0. The molecular formula is C9H11ClN2O2S. The van der Waals surface area contributed by atoms with E-state index in [-0.39, 0.29) is 16.0 Å². The SMILES string of the molecule is Nc1ccc(Cl)c(S(=O)(=O)NC2CC2)c1. The highest BCUT2D eigenvalue weighted by Crippen LogP contribution is 2.27. The van der Waals surface area contributed by atoms with Gasteiger partial charge in [-0.2, -0.15) is 0 Å². The summed E-state index contributed by atoms with van der Waals surface area (Å²) in [6, 6.07) is 4.48. The molecule has 82 valence electrons. The van der Waals surface area contributed by atoms with Crippen LogP contribution < -0.4 is 10.5 Å². The monoisotopic (exact) mass is 246 g/mol. The summed E-state index contributed by atoms with van der Waals surface area (Å²) in [6.07, 6.45) is 1.78. The maximum absolute atomic E-state index is 11.8. The number of hydrogen-bond acceptors (Lipinski definition) is 3. The van der Waals surface area contributed by atoms with Crippen molar-refractivity contribution in [2.75, 3.05) is 5.73 Å². The molecular weight excluding hydrogens is 236 g/mol. The van der Waals surface area contributed by atoms with Crippen LogP contribution in [-0.2, 0) is 10.0 Å². The van der Waals surface area contributed by atoms with Crippen LogP contribution in [0.4, 0.5) is 5.69 Å². The Balaban J connectivity index is 2.38. The number of sulfonamides is 1. The summed E-state index contributed by atoms with van der Waals surface area (Å²) in [5.74, 6) is 0. The van der Waals surface area contributed by atoms with E-state index in [2.05, 4.69) is 4.72 Å². The number of nitrogens with two attached hydrogens (primary N) is 1. The van der Waals surface area contributed by atoms with Gasteiger partial charge < -0.3 is 5.73 Å². The number of nitrogens with one attached hydrogen (secondary N) is 1. The minimum absolute atomic E-state index is 0.0519. The Morgan fingerprint density at radius 2 is 2.07 bits per heavy atom. The van der Waals surface area contributed by atoms with Crippen LogP contribution in [-0.4, -0.2) is 14.5 Å². The van der Waals surface area contributed by atoms with Crippen molar-refractivity contribution in [3.05, 3.63) is 23.2 Å². The molecule has 0 amide bonds. The van der Waals surface area contributed by atoms with Crippen molar-refractivity contribution >= 4 is 27.3 Å². The van der Waals surface area contributed by atoms with Gasteiger partial charge in [0.1, 0.15) is 4.90 Å². The van der Waals surface area contributed by atoms with Crippen molar-refractivity contribution in [1.82, 2.24) is 4.72 Å². The number of nitrogen functional groups attached to an aromatic ring is 1. The standard InChI is InChI=1S/C9H11ClN2O2S/c10-8-4-1-6(11)5-9(8)15(13,14)12-7-2-3-7/h1,4-5,7,12H,2-3,11H2.